The van der Waals surface area contributed by atoms with E-state index in [-0.39, 0.29) is 23.3 Å². The second kappa shape index (κ2) is 8.12. The number of aryl methyl sites for hydroxylation is 1. The molecule has 0 aliphatic heterocycles. The van der Waals surface area contributed by atoms with Crippen molar-refractivity contribution in [1.82, 2.24) is 5.32 Å². The molecule has 0 unspecified atom stereocenters. The summed E-state index contributed by atoms with van der Waals surface area (Å²) in [6, 6.07) is 12.2. The molecule has 2 aromatic carbocycles. The van der Waals surface area contributed by atoms with Gasteiger partial charge in [-0.1, -0.05) is 24.3 Å². The molecule has 142 valence electrons. The van der Waals surface area contributed by atoms with Crippen LogP contribution in [-0.4, -0.2) is 30.2 Å². The summed E-state index contributed by atoms with van der Waals surface area (Å²) >= 11 is 0. The zero-order valence-electron chi connectivity index (χ0n) is 15.4. The molecule has 6 nitrogen and oxygen atoms in total. The van der Waals surface area contributed by atoms with Crippen LogP contribution in [0.3, 0.4) is 0 Å². The zero-order chi connectivity index (χ0) is 19.4. The summed E-state index contributed by atoms with van der Waals surface area (Å²) in [4.78, 5) is 24.8. The van der Waals surface area contributed by atoms with Gasteiger partial charge in [0.2, 0.25) is 0 Å². The van der Waals surface area contributed by atoms with Gasteiger partial charge in [0.25, 0.3) is 5.91 Å². The van der Waals surface area contributed by atoms with Crippen LogP contribution in [0.1, 0.15) is 47.3 Å². The van der Waals surface area contributed by atoms with E-state index in [0.29, 0.717) is 5.75 Å². The number of phenols is 1. The van der Waals surface area contributed by atoms with Crippen LogP contribution in [0, 0.1) is 0 Å². The van der Waals surface area contributed by atoms with E-state index in [0.717, 1.165) is 24.8 Å². The molecule has 0 heterocycles. The summed E-state index contributed by atoms with van der Waals surface area (Å²) in [5.41, 5.74) is 2.30. The van der Waals surface area contributed by atoms with E-state index in [1.807, 2.05) is 18.2 Å². The van der Waals surface area contributed by atoms with Crippen molar-refractivity contribution in [2.24, 2.45) is 0 Å². The molecule has 2 N–H and O–H groups in total. The topological polar surface area (TPSA) is 84.9 Å². The Bertz CT molecular complexity index is 848. The van der Waals surface area contributed by atoms with Gasteiger partial charge in [-0.05, 0) is 55.5 Å². The standard InChI is InChI=1S/C21H23NO5/c1-13(27-21(25)17-12-15(26-2)10-11-19(17)23)20(24)22-18-9-5-7-14-6-3-4-8-16(14)18/h3-4,6,8,10-13,18,23H,5,7,9H2,1-2H3,(H,22,24)/t13-,18+/m0/s1. The van der Waals surface area contributed by atoms with E-state index in [4.69, 9.17) is 9.47 Å². The van der Waals surface area contributed by atoms with E-state index < -0.39 is 12.1 Å². The lowest BCUT2D eigenvalue weighted by atomic mass is 9.87. The molecule has 0 bridgehead atoms. The first kappa shape index (κ1) is 18.8. The first-order valence-electron chi connectivity index (χ1n) is 8.95. The Morgan fingerprint density at radius 1 is 1.22 bits per heavy atom. The normalized spacial score (nSPS) is 16.7. The molecule has 2 atom stereocenters. The monoisotopic (exact) mass is 369 g/mol. The summed E-state index contributed by atoms with van der Waals surface area (Å²) in [6.07, 6.45) is 1.85. The fourth-order valence-corrected chi connectivity index (χ4v) is 3.28. The molecular formula is C21H23NO5. The van der Waals surface area contributed by atoms with Gasteiger partial charge < -0.3 is 19.9 Å². The highest BCUT2D eigenvalue weighted by Gasteiger charge is 2.26. The number of fused-ring (bicyclic) bond motifs is 1. The van der Waals surface area contributed by atoms with Crippen molar-refractivity contribution in [2.75, 3.05) is 7.11 Å². The van der Waals surface area contributed by atoms with Crippen molar-refractivity contribution >= 4 is 11.9 Å². The second-order valence-corrected chi connectivity index (χ2v) is 6.58. The molecular weight excluding hydrogens is 346 g/mol. The number of ether oxygens (including phenoxy) is 2. The summed E-state index contributed by atoms with van der Waals surface area (Å²) in [7, 11) is 1.46. The van der Waals surface area contributed by atoms with Crippen LogP contribution in [0.4, 0.5) is 0 Å². The smallest absolute Gasteiger partial charge is 0.342 e. The maximum atomic E-state index is 12.5. The minimum atomic E-state index is -0.989. The number of amides is 1. The van der Waals surface area contributed by atoms with Gasteiger partial charge in [-0.25, -0.2) is 4.79 Å². The van der Waals surface area contributed by atoms with Gasteiger partial charge in [-0.3, -0.25) is 4.79 Å². The van der Waals surface area contributed by atoms with Gasteiger partial charge in [-0.2, -0.15) is 0 Å². The lowest BCUT2D eigenvalue weighted by molar-refractivity contribution is -0.130. The Morgan fingerprint density at radius 3 is 2.78 bits per heavy atom. The predicted octanol–water partition coefficient (Wildman–Crippen LogP) is 3.14. The lowest BCUT2D eigenvalue weighted by Crippen LogP contribution is -2.39. The van der Waals surface area contributed by atoms with Crippen molar-refractivity contribution in [3.8, 4) is 11.5 Å². The first-order valence-corrected chi connectivity index (χ1v) is 8.95. The van der Waals surface area contributed by atoms with Gasteiger partial charge >= 0.3 is 5.97 Å². The number of nitrogens with one attached hydrogen (secondary N) is 1. The number of phenolic OH excluding ortho intramolecular Hbond substituents is 1. The molecule has 0 fully saturated rings. The molecule has 0 spiro atoms. The maximum Gasteiger partial charge on any atom is 0.342 e. The van der Waals surface area contributed by atoms with E-state index >= 15 is 0 Å². The maximum absolute atomic E-state index is 12.5. The molecule has 0 saturated heterocycles. The highest BCUT2D eigenvalue weighted by Crippen LogP contribution is 2.29. The number of esters is 1. The SMILES string of the molecule is COc1ccc(O)c(C(=O)O[C@@H](C)C(=O)N[C@@H]2CCCc3ccccc32)c1. The number of rotatable bonds is 5. The number of carbonyl (C=O) groups excluding carboxylic acids is 2. The quantitative estimate of drug-likeness (QED) is 0.791. The van der Waals surface area contributed by atoms with Crippen LogP contribution in [-0.2, 0) is 16.0 Å². The average Bonchev–Trinajstić information content (AvgIpc) is 2.68. The van der Waals surface area contributed by atoms with Crippen LogP contribution < -0.4 is 10.1 Å². The number of methoxy groups -OCH3 is 1. The van der Waals surface area contributed by atoms with Crippen molar-refractivity contribution in [2.45, 2.75) is 38.3 Å². The van der Waals surface area contributed by atoms with E-state index in [1.165, 1.54) is 37.8 Å². The predicted molar refractivity (Wildman–Crippen MR) is 99.8 cm³/mol. The molecule has 2 aromatic rings. The number of hydrogen-bond donors (Lipinski definition) is 2. The molecule has 0 saturated carbocycles. The number of aromatic hydroxyl groups is 1. The van der Waals surface area contributed by atoms with E-state index in [2.05, 4.69) is 11.4 Å². The fourth-order valence-electron chi connectivity index (χ4n) is 3.28. The van der Waals surface area contributed by atoms with Crippen molar-refractivity contribution in [3.63, 3.8) is 0 Å². The Labute approximate surface area is 158 Å². The third kappa shape index (κ3) is 4.22. The molecule has 3 rings (SSSR count). The molecule has 27 heavy (non-hydrogen) atoms. The van der Waals surface area contributed by atoms with Crippen molar-refractivity contribution < 1.29 is 24.2 Å². The third-order valence-electron chi connectivity index (χ3n) is 4.76. The molecule has 0 radical (unpaired) electrons. The van der Waals surface area contributed by atoms with Gasteiger partial charge in [0.1, 0.15) is 17.1 Å². The van der Waals surface area contributed by atoms with Gasteiger partial charge in [0, 0.05) is 0 Å². The molecule has 1 aliphatic rings. The van der Waals surface area contributed by atoms with Crippen LogP contribution in [0.5, 0.6) is 11.5 Å². The second-order valence-electron chi connectivity index (χ2n) is 6.58. The Morgan fingerprint density at radius 2 is 2.00 bits per heavy atom. The molecule has 6 heteroatoms. The van der Waals surface area contributed by atoms with Gasteiger partial charge in [0.15, 0.2) is 6.10 Å². The van der Waals surface area contributed by atoms with Crippen molar-refractivity contribution in [3.05, 3.63) is 59.2 Å². The van der Waals surface area contributed by atoms with Crippen LogP contribution in [0.25, 0.3) is 0 Å². The Balaban J connectivity index is 1.66. The van der Waals surface area contributed by atoms with Crippen LogP contribution in [0.15, 0.2) is 42.5 Å². The Hall–Kier alpha value is -3.02. The minimum Gasteiger partial charge on any atom is -0.507 e. The summed E-state index contributed by atoms with van der Waals surface area (Å²) in [6.45, 7) is 1.51. The molecule has 1 aliphatic carbocycles. The largest absolute Gasteiger partial charge is 0.507 e. The summed E-state index contributed by atoms with van der Waals surface area (Å²) in [5.74, 6) is -0.962. The van der Waals surface area contributed by atoms with Crippen molar-refractivity contribution in [1.29, 1.82) is 0 Å². The van der Waals surface area contributed by atoms with E-state index in [1.54, 1.807) is 0 Å². The summed E-state index contributed by atoms with van der Waals surface area (Å²) in [5, 5.41) is 12.8. The first-order chi connectivity index (χ1) is 13.0. The number of benzene rings is 2. The Kier molecular flexibility index (Phi) is 5.64. The lowest BCUT2D eigenvalue weighted by Gasteiger charge is -2.27. The van der Waals surface area contributed by atoms with Gasteiger partial charge in [0.05, 0.1) is 13.2 Å². The molecule has 0 aromatic heterocycles. The number of hydrogen-bond acceptors (Lipinski definition) is 5. The highest BCUT2D eigenvalue weighted by atomic mass is 16.5. The molecule has 1 amide bonds. The van der Waals surface area contributed by atoms with E-state index in [9.17, 15) is 14.7 Å². The minimum absolute atomic E-state index is 0.0444. The highest BCUT2D eigenvalue weighted by molar-refractivity contribution is 5.95. The zero-order valence-corrected chi connectivity index (χ0v) is 15.4. The van der Waals surface area contributed by atoms with Gasteiger partial charge in [-0.15, -0.1) is 0 Å². The average molecular weight is 369 g/mol. The van der Waals surface area contributed by atoms with Crippen LogP contribution in [0.2, 0.25) is 0 Å². The number of carbonyl (C=O) groups is 2. The third-order valence-corrected chi connectivity index (χ3v) is 4.76. The summed E-state index contributed by atoms with van der Waals surface area (Å²) < 4.78 is 10.3. The van der Waals surface area contributed by atoms with Crippen LogP contribution >= 0.6 is 0 Å². The fraction of sp³-hybridized carbons (Fsp3) is 0.333.